The van der Waals surface area contributed by atoms with Crippen molar-refractivity contribution in [3.8, 4) is 0 Å². The smallest absolute Gasteiger partial charge is 0.0207 e. The van der Waals surface area contributed by atoms with Crippen LogP contribution in [-0.4, -0.2) is 0 Å². The molecule has 1 heteroatoms. The predicted octanol–water partition coefficient (Wildman–Crippen LogP) is 4.45. The highest BCUT2D eigenvalue weighted by Crippen LogP contribution is 2.29. The largest absolute Gasteiger partial charge is 0.0646 e. The van der Waals surface area contributed by atoms with E-state index in [-0.39, 0.29) is 5.41 Å². The van der Waals surface area contributed by atoms with Gasteiger partial charge in [-0.15, -0.1) is 0 Å². The summed E-state index contributed by atoms with van der Waals surface area (Å²) in [5.41, 5.74) is 3.00. The number of benzene rings is 1. The Morgan fingerprint density at radius 2 is 1.92 bits per heavy atom. The Labute approximate surface area is 89.5 Å². The van der Waals surface area contributed by atoms with Crippen molar-refractivity contribution in [2.24, 2.45) is 0 Å². The highest BCUT2D eigenvalue weighted by molar-refractivity contribution is 9.10. The lowest BCUT2D eigenvalue weighted by Gasteiger charge is -2.23. The zero-order valence-corrected chi connectivity index (χ0v) is 10.4. The van der Waals surface area contributed by atoms with Gasteiger partial charge in [0.2, 0.25) is 0 Å². The summed E-state index contributed by atoms with van der Waals surface area (Å²) in [6.07, 6.45) is 1.17. The average Bonchev–Trinajstić information content (AvgIpc) is 2.09. The van der Waals surface area contributed by atoms with Crippen molar-refractivity contribution in [1.29, 1.82) is 0 Å². The summed E-state index contributed by atoms with van der Waals surface area (Å²) in [6.45, 7) is 8.91. The molecule has 0 saturated carbocycles. The van der Waals surface area contributed by atoms with Crippen molar-refractivity contribution in [2.45, 2.75) is 39.5 Å². The quantitative estimate of drug-likeness (QED) is 0.717. The van der Waals surface area contributed by atoms with Crippen LogP contribution in [0, 0.1) is 6.92 Å². The summed E-state index contributed by atoms with van der Waals surface area (Å²) in [6, 6.07) is 6.64. The molecule has 0 heterocycles. The molecule has 0 bridgehead atoms. The Hall–Kier alpha value is -0.300. The molecule has 0 amide bonds. The van der Waals surface area contributed by atoms with Gasteiger partial charge in [-0.1, -0.05) is 48.8 Å². The molecule has 0 aliphatic heterocycles. The van der Waals surface area contributed by atoms with Crippen molar-refractivity contribution < 1.29 is 0 Å². The standard InChI is InChI=1S/C12H17Br/c1-5-12(3,4)10-7-6-9(2)11(13)8-10/h6-8H,5H2,1-4H3. The highest BCUT2D eigenvalue weighted by atomic mass is 79.9. The van der Waals surface area contributed by atoms with Crippen LogP contribution in [0.3, 0.4) is 0 Å². The molecule has 0 radical (unpaired) electrons. The van der Waals surface area contributed by atoms with E-state index in [1.807, 2.05) is 0 Å². The van der Waals surface area contributed by atoms with Gasteiger partial charge in [0, 0.05) is 4.47 Å². The zero-order valence-electron chi connectivity index (χ0n) is 8.82. The number of hydrogen-bond acceptors (Lipinski definition) is 0. The molecular formula is C12H17Br. The van der Waals surface area contributed by atoms with E-state index in [9.17, 15) is 0 Å². The molecule has 0 saturated heterocycles. The van der Waals surface area contributed by atoms with Crippen LogP contribution in [-0.2, 0) is 5.41 Å². The second-order valence-electron chi connectivity index (χ2n) is 4.20. The van der Waals surface area contributed by atoms with E-state index in [1.165, 1.54) is 22.0 Å². The molecule has 1 aromatic rings. The minimum absolute atomic E-state index is 0.288. The Bertz CT molecular complexity index is 300. The van der Waals surface area contributed by atoms with Gasteiger partial charge >= 0.3 is 0 Å². The Kier molecular flexibility index (Phi) is 3.18. The van der Waals surface area contributed by atoms with E-state index in [0.29, 0.717) is 0 Å². The molecule has 0 N–H and O–H groups in total. The van der Waals surface area contributed by atoms with Gasteiger partial charge in [0.1, 0.15) is 0 Å². The maximum Gasteiger partial charge on any atom is 0.0207 e. The molecule has 0 fully saturated rings. The van der Waals surface area contributed by atoms with Gasteiger partial charge in [-0.3, -0.25) is 0 Å². The van der Waals surface area contributed by atoms with Crippen LogP contribution < -0.4 is 0 Å². The van der Waals surface area contributed by atoms with Gasteiger partial charge in [-0.2, -0.15) is 0 Å². The average molecular weight is 241 g/mol. The van der Waals surface area contributed by atoms with E-state index in [0.717, 1.165) is 0 Å². The van der Waals surface area contributed by atoms with Gasteiger partial charge < -0.3 is 0 Å². The lowest BCUT2D eigenvalue weighted by molar-refractivity contribution is 0.506. The Morgan fingerprint density at radius 1 is 1.31 bits per heavy atom. The van der Waals surface area contributed by atoms with Gasteiger partial charge in [0.15, 0.2) is 0 Å². The van der Waals surface area contributed by atoms with E-state index in [4.69, 9.17) is 0 Å². The Morgan fingerprint density at radius 3 is 2.38 bits per heavy atom. The van der Waals surface area contributed by atoms with Crippen molar-refractivity contribution in [1.82, 2.24) is 0 Å². The minimum atomic E-state index is 0.288. The van der Waals surface area contributed by atoms with Gasteiger partial charge in [-0.25, -0.2) is 0 Å². The van der Waals surface area contributed by atoms with Crippen LogP contribution in [0.5, 0.6) is 0 Å². The van der Waals surface area contributed by atoms with Crippen LogP contribution in [0.1, 0.15) is 38.3 Å². The lowest BCUT2D eigenvalue weighted by Crippen LogP contribution is -2.15. The van der Waals surface area contributed by atoms with Crippen LogP contribution >= 0.6 is 15.9 Å². The van der Waals surface area contributed by atoms with E-state index in [1.54, 1.807) is 0 Å². The summed E-state index contributed by atoms with van der Waals surface area (Å²) in [4.78, 5) is 0. The fraction of sp³-hybridized carbons (Fsp3) is 0.500. The third-order valence-corrected chi connectivity index (χ3v) is 3.69. The van der Waals surface area contributed by atoms with Crippen LogP contribution in [0.15, 0.2) is 22.7 Å². The first kappa shape index (κ1) is 10.8. The molecule has 0 aromatic heterocycles. The molecule has 13 heavy (non-hydrogen) atoms. The number of halogens is 1. The van der Waals surface area contributed by atoms with Crippen molar-refractivity contribution in [3.63, 3.8) is 0 Å². The third kappa shape index (κ3) is 2.34. The first-order valence-electron chi connectivity index (χ1n) is 4.74. The van der Waals surface area contributed by atoms with Crippen molar-refractivity contribution in [3.05, 3.63) is 33.8 Å². The number of rotatable bonds is 2. The van der Waals surface area contributed by atoms with E-state index in [2.05, 4.69) is 61.8 Å². The maximum absolute atomic E-state index is 3.57. The summed E-state index contributed by atoms with van der Waals surface area (Å²) in [5.74, 6) is 0. The van der Waals surface area contributed by atoms with Gasteiger partial charge in [0.25, 0.3) is 0 Å². The summed E-state index contributed by atoms with van der Waals surface area (Å²) in [5, 5.41) is 0. The first-order chi connectivity index (χ1) is 5.97. The SMILES string of the molecule is CCC(C)(C)c1ccc(C)c(Br)c1. The molecule has 1 rings (SSSR count). The molecule has 0 nitrogen and oxygen atoms in total. The second kappa shape index (κ2) is 3.83. The summed E-state index contributed by atoms with van der Waals surface area (Å²) < 4.78 is 1.21. The maximum atomic E-state index is 3.57. The monoisotopic (exact) mass is 240 g/mol. The normalized spacial score (nSPS) is 11.8. The van der Waals surface area contributed by atoms with Crippen LogP contribution in [0.2, 0.25) is 0 Å². The van der Waals surface area contributed by atoms with Gasteiger partial charge in [-0.05, 0) is 36.0 Å². The van der Waals surface area contributed by atoms with Crippen molar-refractivity contribution in [2.75, 3.05) is 0 Å². The molecule has 0 spiro atoms. The molecular weight excluding hydrogens is 224 g/mol. The highest BCUT2D eigenvalue weighted by Gasteiger charge is 2.18. The number of hydrogen-bond donors (Lipinski definition) is 0. The van der Waals surface area contributed by atoms with Crippen LogP contribution in [0.4, 0.5) is 0 Å². The summed E-state index contributed by atoms with van der Waals surface area (Å²) in [7, 11) is 0. The van der Waals surface area contributed by atoms with E-state index < -0.39 is 0 Å². The molecule has 0 unspecified atom stereocenters. The predicted molar refractivity (Wildman–Crippen MR) is 62.2 cm³/mol. The van der Waals surface area contributed by atoms with Crippen LogP contribution in [0.25, 0.3) is 0 Å². The molecule has 72 valence electrons. The molecule has 0 aliphatic rings. The fourth-order valence-corrected chi connectivity index (χ4v) is 1.60. The minimum Gasteiger partial charge on any atom is -0.0646 e. The van der Waals surface area contributed by atoms with Gasteiger partial charge in [0.05, 0.1) is 0 Å². The fourth-order valence-electron chi connectivity index (χ4n) is 1.22. The molecule has 0 atom stereocenters. The molecule has 1 aromatic carbocycles. The zero-order chi connectivity index (χ0) is 10.1. The third-order valence-electron chi connectivity index (χ3n) is 2.84. The summed E-state index contributed by atoms with van der Waals surface area (Å²) >= 11 is 3.57. The van der Waals surface area contributed by atoms with Crippen molar-refractivity contribution >= 4 is 15.9 Å². The second-order valence-corrected chi connectivity index (χ2v) is 5.06. The number of aryl methyl sites for hydroxylation is 1. The topological polar surface area (TPSA) is 0 Å². The Balaban J connectivity index is 3.10. The lowest BCUT2D eigenvalue weighted by atomic mass is 9.82. The molecule has 0 aliphatic carbocycles. The van der Waals surface area contributed by atoms with E-state index >= 15 is 0 Å². The first-order valence-corrected chi connectivity index (χ1v) is 5.53.